The van der Waals surface area contributed by atoms with E-state index < -0.39 is 5.97 Å². The lowest BCUT2D eigenvalue weighted by Crippen LogP contribution is -1.97. The summed E-state index contributed by atoms with van der Waals surface area (Å²) >= 11 is 4.52. The number of nitrogens with zero attached hydrogens (tertiary/aromatic N) is 2. The van der Waals surface area contributed by atoms with Crippen LogP contribution in [0.1, 0.15) is 10.4 Å². The molecular weight excluding hydrogens is 294 g/mol. The van der Waals surface area contributed by atoms with Gasteiger partial charge in [0, 0.05) is 16.0 Å². The maximum absolute atomic E-state index is 10.7. The Morgan fingerprint density at radius 3 is 2.88 bits per heavy atom. The molecule has 1 heterocycles. The number of carbonyl (C=O) groups is 1. The summed E-state index contributed by atoms with van der Waals surface area (Å²) in [5.74, 6) is -0.955. The third-order valence-corrected chi connectivity index (χ3v) is 3.06. The molecule has 0 aliphatic heterocycles. The summed E-state index contributed by atoms with van der Waals surface area (Å²) in [4.78, 5) is 14.7. The number of benzene rings is 1. The molecule has 0 amide bonds. The summed E-state index contributed by atoms with van der Waals surface area (Å²) in [5, 5.41) is 12.5. The predicted octanol–water partition coefficient (Wildman–Crippen LogP) is 2.74. The third-order valence-electron chi connectivity index (χ3n) is 1.82. The molecule has 0 bridgehead atoms. The van der Waals surface area contributed by atoms with Gasteiger partial charge in [0.05, 0.1) is 11.3 Å². The normalized spacial score (nSPS) is 10.1. The Hall–Kier alpha value is -1.47. The highest BCUT2D eigenvalue weighted by molar-refractivity contribution is 9.10. The number of rotatable bonds is 3. The van der Waals surface area contributed by atoms with Crippen LogP contribution in [0.25, 0.3) is 0 Å². The number of carboxylic acids is 1. The second-order valence-electron chi connectivity index (χ2n) is 2.87. The maximum Gasteiger partial charge on any atom is 0.335 e. The van der Waals surface area contributed by atoms with E-state index in [9.17, 15) is 4.79 Å². The van der Waals surface area contributed by atoms with Crippen molar-refractivity contribution in [2.75, 3.05) is 5.32 Å². The smallest absolute Gasteiger partial charge is 0.335 e. The zero-order chi connectivity index (χ0) is 11.5. The van der Waals surface area contributed by atoms with Crippen LogP contribution < -0.4 is 5.32 Å². The molecule has 16 heavy (non-hydrogen) atoms. The van der Waals surface area contributed by atoms with E-state index in [0.29, 0.717) is 9.60 Å². The monoisotopic (exact) mass is 299 g/mol. The first-order valence-corrected chi connectivity index (χ1v) is 5.80. The van der Waals surface area contributed by atoms with Gasteiger partial charge < -0.3 is 10.4 Å². The van der Waals surface area contributed by atoms with Crippen molar-refractivity contribution in [2.24, 2.45) is 0 Å². The van der Waals surface area contributed by atoms with Crippen molar-refractivity contribution < 1.29 is 9.90 Å². The largest absolute Gasteiger partial charge is 0.478 e. The Kier molecular flexibility index (Phi) is 3.16. The van der Waals surface area contributed by atoms with Crippen molar-refractivity contribution >= 4 is 44.3 Å². The van der Waals surface area contributed by atoms with Gasteiger partial charge in [-0.15, -0.1) is 0 Å². The molecule has 2 N–H and O–H groups in total. The highest BCUT2D eigenvalue weighted by Crippen LogP contribution is 2.27. The van der Waals surface area contributed by atoms with Crippen LogP contribution in [-0.2, 0) is 0 Å². The summed E-state index contributed by atoms with van der Waals surface area (Å²) in [7, 11) is 0. The fraction of sp³-hybridized carbons (Fsp3) is 0. The minimum absolute atomic E-state index is 0.231. The summed E-state index contributed by atoms with van der Waals surface area (Å²) in [6.07, 6.45) is 1.45. The average Bonchev–Trinajstić information content (AvgIpc) is 2.73. The van der Waals surface area contributed by atoms with E-state index in [-0.39, 0.29) is 5.56 Å². The van der Waals surface area contributed by atoms with Crippen LogP contribution in [0.5, 0.6) is 0 Å². The lowest BCUT2D eigenvalue weighted by molar-refractivity contribution is 0.0697. The van der Waals surface area contributed by atoms with Crippen LogP contribution in [0.15, 0.2) is 29.0 Å². The third kappa shape index (κ3) is 2.37. The molecule has 2 rings (SSSR count). The van der Waals surface area contributed by atoms with E-state index in [4.69, 9.17) is 5.11 Å². The highest BCUT2D eigenvalue weighted by Gasteiger charge is 2.07. The van der Waals surface area contributed by atoms with E-state index in [1.165, 1.54) is 30.0 Å². The first-order chi connectivity index (χ1) is 7.66. The summed E-state index contributed by atoms with van der Waals surface area (Å²) in [6, 6.07) is 4.73. The second kappa shape index (κ2) is 4.58. The van der Waals surface area contributed by atoms with Gasteiger partial charge in [-0.3, -0.25) is 0 Å². The molecule has 5 nitrogen and oxygen atoms in total. The van der Waals surface area contributed by atoms with Gasteiger partial charge in [0.25, 0.3) is 0 Å². The predicted molar refractivity (Wildman–Crippen MR) is 64.3 cm³/mol. The van der Waals surface area contributed by atoms with Crippen LogP contribution in [0, 0.1) is 0 Å². The number of anilines is 2. The summed E-state index contributed by atoms with van der Waals surface area (Å²) in [6.45, 7) is 0. The number of hydrogen-bond donors (Lipinski definition) is 2. The van der Waals surface area contributed by atoms with Crippen LogP contribution in [0.4, 0.5) is 10.8 Å². The van der Waals surface area contributed by atoms with Gasteiger partial charge in [0.2, 0.25) is 5.13 Å². The molecule has 0 saturated carbocycles. The Balaban J connectivity index is 2.26. The molecular formula is C9H6BrN3O2S. The quantitative estimate of drug-likeness (QED) is 0.911. The van der Waals surface area contributed by atoms with Crippen LogP contribution in [0.3, 0.4) is 0 Å². The van der Waals surface area contributed by atoms with Crippen molar-refractivity contribution in [3.63, 3.8) is 0 Å². The molecule has 82 valence electrons. The minimum Gasteiger partial charge on any atom is -0.478 e. The van der Waals surface area contributed by atoms with Crippen molar-refractivity contribution in [1.29, 1.82) is 0 Å². The maximum atomic E-state index is 10.7. The van der Waals surface area contributed by atoms with Gasteiger partial charge in [-0.2, -0.15) is 4.37 Å². The van der Waals surface area contributed by atoms with Gasteiger partial charge in [-0.25, -0.2) is 9.78 Å². The lowest BCUT2D eigenvalue weighted by atomic mass is 10.2. The lowest BCUT2D eigenvalue weighted by Gasteiger charge is -2.05. The zero-order valence-electron chi connectivity index (χ0n) is 7.85. The number of aromatic nitrogens is 2. The first-order valence-electron chi connectivity index (χ1n) is 4.23. The fourth-order valence-electron chi connectivity index (χ4n) is 1.09. The second-order valence-corrected chi connectivity index (χ2v) is 4.51. The summed E-state index contributed by atoms with van der Waals surface area (Å²) in [5.41, 5.74) is 0.983. The van der Waals surface area contributed by atoms with Gasteiger partial charge in [0.15, 0.2) is 0 Å². The average molecular weight is 300 g/mol. The Labute approximate surface area is 103 Å². The van der Waals surface area contributed by atoms with Gasteiger partial charge in [-0.1, -0.05) is 0 Å². The molecule has 0 aliphatic rings. The van der Waals surface area contributed by atoms with Gasteiger partial charge in [-0.05, 0) is 34.1 Å². The molecule has 0 radical (unpaired) electrons. The number of aromatic carboxylic acids is 1. The van der Waals surface area contributed by atoms with Crippen molar-refractivity contribution in [3.8, 4) is 0 Å². The van der Waals surface area contributed by atoms with Crippen molar-refractivity contribution in [1.82, 2.24) is 9.36 Å². The molecule has 0 saturated heterocycles. The fourth-order valence-corrected chi connectivity index (χ4v) is 2.01. The van der Waals surface area contributed by atoms with E-state index in [1.54, 1.807) is 6.07 Å². The van der Waals surface area contributed by atoms with E-state index >= 15 is 0 Å². The molecule has 0 spiro atoms. The standard InChI is InChI=1S/C9H6BrN3O2S/c10-6-3-5(8(14)15)1-2-7(6)13-9-11-4-12-16-9/h1-4H,(H,14,15)(H,11,12,13). The Bertz CT molecular complexity index is 515. The minimum atomic E-state index is -0.955. The number of halogens is 1. The molecule has 7 heteroatoms. The Morgan fingerprint density at radius 2 is 2.31 bits per heavy atom. The van der Waals surface area contributed by atoms with Crippen LogP contribution >= 0.6 is 27.5 Å². The number of nitrogens with one attached hydrogen (secondary N) is 1. The molecule has 0 atom stereocenters. The zero-order valence-corrected chi connectivity index (χ0v) is 10.2. The molecule has 1 aromatic heterocycles. The van der Waals surface area contributed by atoms with E-state index in [1.807, 2.05) is 0 Å². The van der Waals surface area contributed by atoms with Crippen LogP contribution in [-0.4, -0.2) is 20.4 Å². The van der Waals surface area contributed by atoms with E-state index in [0.717, 1.165) is 5.69 Å². The van der Waals surface area contributed by atoms with Gasteiger partial charge in [0.1, 0.15) is 6.33 Å². The number of carboxylic acid groups (broad SMARTS) is 1. The first kappa shape index (κ1) is 11.0. The molecule has 1 aromatic carbocycles. The van der Waals surface area contributed by atoms with Crippen molar-refractivity contribution in [3.05, 3.63) is 34.6 Å². The van der Waals surface area contributed by atoms with Gasteiger partial charge >= 0.3 is 5.97 Å². The molecule has 0 unspecified atom stereocenters. The highest BCUT2D eigenvalue weighted by atomic mass is 79.9. The topological polar surface area (TPSA) is 75.1 Å². The van der Waals surface area contributed by atoms with Crippen molar-refractivity contribution in [2.45, 2.75) is 0 Å². The number of hydrogen-bond acceptors (Lipinski definition) is 5. The van der Waals surface area contributed by atoms with Crippen LogP contribution in [0.2, 0.25) is 0 Å². The Morgan fingerprint density at radius 1 is 1.50 bits per heavy atom. The molecule has 0 fully saturated rings. The molecule has 2 aromatic rings. The summed E-state index contributed by atoms with van der Waals surface area (Å²) < 4.78 is 4.52. The molecule has 0 aliphatic carbocycles. The van der Waals surface area contributed by atoms with E-state index in [2.05, 4.69) is 30.6 Å². The SMILES string of the molecule is O=C(O)c1ccc(Nc2ncns2)c(Br)c1.